The molecule has 2 rings (SSSR count). The minimum Gasteiger partial charge on any atom is -0.479 e. The van der Waals surface area contributed by atoms with Gasteiger partial charge in [0.25, 0.3) is 0 Å². The van der Waals surface area contributed by atoms with Crippen molar-refractivity contribution < 1.29 is 28.2 Å². The van der Waals surface area contributed by atoms with Crippen molar-refractivity contribution >= 4 is 16.9 Å². The molecule has 19 heavy (non-hydrogen) atoms. The Morgan fingerprint density at radius 3 is 2.53 bits per heavy atom. The summed E-state index contributed by atoms with van der Waals surface area (Å²) in [5.74, 6) is -1.51. The Balaban J connectivity index is 2.70. The minimum atomic E-state index is -4.52. The normalized spacial score (nSPS) is 13.7. The SMILES string of the molecule is Cc1[nH]c2ccc(C(F)(F)F)cc2c1C(O)C(=O)O. The highest BCUT2D eigenvalue weighted by atomic mass is 19.4. The second-order valence-corrected chi connectivity index (χ2v) is 4.16. The molecule has 0 spiro atoms. The van der Waals surface area contributed by atoms with E-state index in [-0.39, 0.29) is 10.9 Å². The first-order valence-electron chi connectivity index (χ1n) is 5.32. The zero-order valence-corrected chi connectivity index (χ0v) is 9.75. The molecule has 3 N–H and O–H groups in total. The molecule has 1 heterocycles. The first kappa shape index (κ1) is 13.4. The van der Waals surface area contributed by atoms with Gasteiger partial charge >= 0.3 is 12.1 Å². The van der Waals surface area contributed by atoms with Gasteiger partial charge in [0.15, 0.2) is 6.10 Å². The van der Waals surface area contributed by atoms with Gasteiger partial charge in [0.05, 0.1) is 5.56 Å². The molecule has 0 bridgehead atoms. The average molecular weight is 273 g/mol. The number of aliphatic carboxylic acids is 1. The molecule has 102 valence electrons. The number of aliphatic hydroxyl groups is 1. The number of hydrogen-bond acceptors (Lipinski definition) is 2. The van der Waals surface area contributed by atoms with Crippen LogP contribution in [0, 0.1) is 6.92 Å². The molecule has 7 heteroatoms. The number of halogens is 3. The van der Waals surface area contributed by atoms with Crippen LogP contribution in [-0.4, -0.2) is 21.2 Å². The largest absolute Gasteiger partial charge is 0.479 e. The molecule has 4 nitrogen and oxygen atoms in total. The molecule has 0 saturated carbocycles. The summed E-state index contributed by atoms with van der Waals surface area (Å²) < 4.78 is 37.9. The molecule has 0 aliphatic rings. The number of H-pyrrole nitrogens is 1. The highest BCUT2D eigenvalue weighted by Crippen LogP contribution is 2.34. The zero-order chi connectivity index (χ0) is 14.4. The van der Waals surface area contributed by atoms with Crippen molar-refractivity contribution in [3.05, 3.63) is 35.0 Å². The molecule has 1 atom stereocenters. The Morgan fingerprint density at radius 1 is 1.37 bits per heavy atom. The zero-order valence-electron chi connectivity index (χ0n) is 9.75. The van der Waals surface area contributed by atoms with E-state index < -0.39 is 23.8 Å². The standard InChI is InChI=1S/C12H10F3NO3/c1-5-9(10(17)11(18)19)7-4-6(12(13,14)15)2-3-8(7)16-5/h2-4,10,16-17H,1H3,(H,18,19). The summed E-state index contributed by atoms with van der Waals surface area (Å²) in [5.41, 5.74) is -0.267. The summed E-state index contributed by atoms with van der Waals surface area (Å²) in [6.45, 7) is 1.49. The monoisotopic (exact) mass is 273 g/mol. The van der Waals surface area contributed by atoms with Crippen molar-refractivity contribution in [2.45, 2.75) is 19.2 Å². The summed E-state index contributed by atoms with van der Waals surface area (Å²) in [6.07, 6.45) is -6.39. The van der Waals surface area contributed by atoms with E-state index in [1.807, 2.05) is 0 Å². The third-order valence-electron chi connectivity index (χ3n) is 2.87. The number of aromatic nitrogens is 1. The highest BCUT2D eigenvalue weighted by Gasteiger charge is 2.32. The number of benzene rings is 1. The molecular weight excluding hydrogens is 263 g/mol. The molecule has 1 aromatic carbocycles. The number of alkyl halides is 3. The number of carboxylic acids is 1. The predicted octanol–water partition coefficient (Wildman–Crippen LogP) is 2.61. The Labute approximate surface area is 105 Å². The molecule has 0 aliphatic carbocycles. The van der Waals surface area contributed by atoms with E-state index in [2.05, 4.69) is 4.98 Å². The maximum absolute atomic E-state index is 12.6. The van der Waals surface area contributed by atoms with Crippen LogP contribution in [0.3, 0.4) is 0 Å². The number of aryl methyl sites for hydroxylation is 1. The van der Waals surface area contributed by atoms with E-state index in [4.69, 9.17) is 5.11 Å². The lowest BCUT2D eigenvalue weighted by molar-refractivity contribution is -0.146. The smallest absolute Gasteiger partial charge is 0.416 e. The Morgan fingerprint density at radius 2 is 2.00 bits per heavy atom. The van der Waals surface area contributed by atoms with Crippen LogP contribution in [0.1, 0.15) is 22.9 Å². The summed E-state index contributed by atoms with van der Waals surface area (Å²) in [5, 5.41) is 18.4. The maximum Gasteiger partial charge on any atom is 0.416 e. The van der Waals surface area contributed by atoms with Gasteiger partial charge in [0.1, 0.15) is 0 Å². The van der Waals surface area contributed by atoms with Crippen molar-refractivity contribution in [1.29, 1.82) is 0 Å². The van der Waals surface area contributed by atoms with Gasteiger partial charge in [-0.25, -0.2) is 4.79 Å². The maximum atomic E-state index is 12.6. The van der Waals surface area contributed by atoms with Crippen LogP contribution < -0.4 is 0 Å². The lowest BCUT2D eigenvalue weighted by Crippen LogP contribution is -2.11. The average Bonchev–Trinajstić information content (AvgIpc) is 2.61. The molecule has 0 amide bonds. The van der Waals surface area contributed by atoms with Crippen molar-refractivity contribution in [2.75, 3.05) is 0 Å². The van der Waals surface area contributed by atoms with Crippen molar-refractivity contribution in [2.24, 2.45) is 0 Å². The molecule has 1 unspecified atom stereocenters. The van der Waals surface area contributed by atoms with E-state index >= 15 is 0 Å². The van der Waals surface area contributed by atoms with Gasteiger partial charge in [-0.15, -0.1) is 0 Å². The van der Waals surface area contributed by atoms with Crippen molar-refractivity contribution in [1.82, 2.24) is 4.98 Å². The van der Waals surface area contributed by atoms with Gasteiger partial charge in [-0.05, 0) is 25.1 Å². The summed E-state index contributed by atoms with van der Waals surface area (Å²) in [4.78, 5) is 13.5. The molecule has 0 saturated heterocycles. The van der Waals surface area contributed by atoms with Crippen LogP contribution in [0.5, 0.6) is 0 Å². The third kappa shape index (κ3) is 2.28. The molecule has 0 radical (unpaired) electrons. The number of rotatable bonds is 2. The highest BCUT2D eigenvalue weighted by molar-refractivity contribution is 5.90. The molecule has 0 fully saturated rings. The minimum absolute atomic E-state index is 0.0476. The van der Waals surface area contributed by atoms with Crippen LogP contribution in [0.15, 0.2) is 18.2 Å². The van der Waals surface area contributed by atoms with E-state index in [0.717, 1.165) is 12.1 Å². The second kappa shape index (κ2) is 4.27. The van der Waals surface area contributed by atoms with Crippen molar-refractivity contribution in [3.63, 3.8) is 0 Å². The number of nitrogens with one attached hydrogen (secondary N) is 1. The quantitative estimate of drug-likeness (QED) is 0.787. The fourth-order valence-electron chi connectivity index (χ4n) is 2.00. The van der Waals surface area contributed by atoms with Gasteiger partial charge in [-0.2, -0.15) is 13.2 Å². The molecule has 2 aromatic rings. The fourth-order valence-corrected chi connectivity index (χ4v) is 2.00. The third-order valence-corrected chi connectivity index (χ3v) is 2.87. The van der Waals surface area contributed by atoms with Crippen LogP contribution in [-0.2, 0) is 11.0 Å². The Bertz CT molecular complexity index is 645. The fraction of sp³-hybridized carbons (Fsp3) is 0.250. The Hall–Kier alpha value is -2.02. The number of carboxylic acid groups (broad SMARTS) is 1. The number of aromatic amines is 1. The topological polar surface area (TPSA) is 73.3 Å². The van der Waals surface area contributed by atoms with Gasteiger partial charge in [0, 0.05) is 22.2 Å². The first-order valence-corrected chi connectivity index (χ1v) is 5.32. The number of aliphatic hydroxyl groups excluding tert-OH is 1. The van der Waals surface area contributed by atoms with Crippen LogP contribution in [0.25, 0.3) is 10.9 Å². The molecular formula is C12H10F3NO3. The second-order valence-electron chi connectivity index (χ2n) is 4.16. The summed E-state index contributed by atoms with van der Waals surface area (Å²) in [6, 6.07) is 2.94. The van der Waals surface area contributed by atoms with Crippen molar-refractivity contribution in [3.8, 4) is 0 Å². The van der Waals surface area contributed by atoms with Gasteiger partial charge in [-0.1, -0.05) is 0 Å². The predicted molar refractivity (Wildman–Crippen MR) is 60.6 cm³/mol. The Kier molecular flexibility index (Phi) is 3.01. The van der Waals surface area contributed by atoms with E-state index in [1.54, 1.807) is 0 Å². The lowest BCUT2D eigenvalue weighted by atomic mass is 10.0. The van der Waals surface area contributed by atoms with E-state index in [1.165, 1.54) is 13.0 Å². The van der Waals surface area contributed by atoms with Gasteiger partial charge in [0.2, 0.25) is 0 Å². The van der Waals surface area contributed by atoms with Gasteiger partial charge < -0.3 is 15.2 Å². The number of hydrogen-bond donors (Lipinski definition) is 3. The molecule has 0 aliphatic heterocycles. The lowest BCUT2D eigenvalue weighted by Gasteiger charge is -2.08. The first-order chi connectivity index (χ1) is 8.71. The number of fused-ring (bicyclic) bond motifs is 1. The van der Waals surface area contributed by atoms with Crippen LogP contribution in [0.2, 0.25) is 0 Å². The van der Waals surface area contributed by atoms with Crippen LogP contribution >= 0.6 is 0 Å². The van der Waals surface area contributed by atoms with Crippen LogP contribution in [0.4, 0.5) is 13.2 Å². The number of carbonyl (C=O) groups is 1. The summed E-state index contributed by atoms with van der Waals surface area (Å²) in [7, 11) is 0. The van der Waals surface area contributed by atoms with E-state index in [0.29, 0.717) is 11.2 Å². The van der Waals surface area contributed by atoms with E-state index in [9.17, 15) is 23.1 Å². The summed E-state index contributed by atoms with van der Waals surface area (Å²) >= 11 is 0. The van der Waals surface area contributed by atoms with Gasteiger partial charge in [-0.3, -0.25) is 0 Å². The molecule has 1 aromatic heterocycles.